The molecule has 1 heterocycles. The number of carbonyl (C=O) groups is 1. The van der Waals surface area contributed by atoms with Crippen molar-refractivity contribution in [3.63, 3.8) is 0 Å². The zero-order chi connectivity index (χ0) is 7.40. The maximum absolute atomic E-state index is 9.72. The molecule has 0 fully saturated rings. The molecule has 0 saturated heterocycles. The maximum atomic E-state index is 9.72. The second kappa shape index (κ2) is 2.64. The van der Waals surface area contributed by atoms with Crippen LogP contribution in [0.5, 0.6) is 0 Å². The van der Waals surface area contributed by atoms with E-state index in [0.29, 0.717) is 0 Å². The maximum Gasteiger partial charge on any atom is 0.321 e. The number of imidazole rings is 1. The first kappa shape index (κ1) is 6.29. The number of rotatable bonds is 2. The van der Waals surface area contributed by atoms with Crippen molar-refractivity contribution in [1.29, 1.82) is 5.26 Å². The van der Waals surface area contributed by atoms with Crippen LogP contribution in [0.4, 0.5) is 0 Å². The molecule has 5 heteroatoms. The Morgan fingerprint density at radius 3 is 3.20 bits per heavy atom. The molecule has 0 aliphatic heterocycles. The number of carbonyl (C=O) groups excluding carboxylic acids is 1. The third-order valence-electron chi connectivity index (χ3n) is 0.839. The molecule has 0 unspecified atom stereocenters. The Morgan fingerprint density at radius 2 is 2.70 bits per heavy atom. The molecule has 0 N–H and O–H groups in total. The molecule has 1 rings (SSSR count). The molecule has 0 amide bonds. The van der Waals surface area contributed by atoms with Crippen molar-refractivity contribution in [1.82, 2.24) is 9.71 Å². The van der Waals surface area contributed by atoms with Gasteiger partial charge in [-0.1, -0.05) is 0 Å². The highest BCUT2D eigenvalue weighted by Gasteiger charge is 1.94. The lowest BCUT2D eigenvalue weighted by Gasteiger charge is -1.90. The molecule has 0 saturated carbocycles. The summed E-state index contributed by atoms with van der Waals surface area (Å²) in [5, 5.41) is 8.25. The van der Waals surface area contributed by atoms with Crippen molar-refractivity contribution in [2.24, 2.45) is 0 Å². The average Bonchev–Trinajstić information content (AvgIpc) is 2.37. The van der Waals surface area contributed by atoms with Gasteiger partial charge in [-0.05, 0) is 0 Å². The van der Waals surface area contributed by atoms with E-state index < -0.39 is 0 Å². The zero-order valence-electron chi connectivity index (χ0n) is 4.89. The summed E-state index contributed by atoms with van der Waals surface area (Å²) < 4.78 is 1.05. The first-order valence-electron chi connectivity index (χ1n) is 2.41. The standard InChI is InChI=1S/C5H3N3O2/c6-1-5-2-8(3-7-5)10-4-9/h2-4H. The Kier molecular flexibility index (Phi) is 1.66. The molecule has 0 aliphatic rings. The topological polar surface area (TPSA) is 67.9 Å². The minimum atomic E-state index is 0.210. The van der Waals surface area contributed by atoms with Crippen molar-refractivity contribution < 1.29 is 9.63 Å². The van der Waals surface area contributed by atoms with E-state index in [4.69, 9.17) is 5.26 Å². The van der Waals surface area contributed by atoms with Crippen molar-refractivity contribution in [2.45, 2.75) is 0 Å². The predicted octanol–water partition coefficient (Wildman–Crippen LogP) is -0.660. The Labute approximate surface area is 56.4 Å². The second-order valence-electron chi connectivity index (χ2n) is 1.43. The second-order valence-corrected chi connectivity index (χ2v) is 1.43. The molecule has 5 nitrogen and oxygen atoms in total. The van der Waals surface area contributed by atoms with Gasteiger partial charge in [0.05, 0.1) is 6.20 Å². The third kappa shape index (κ3) is 1.11. The Hall–Kier alpha value is -1.83. The molecule has 10 heavy (non-hydrogen) atoms. The molecule has 0 bridgehead atoms. The van der Waals surface area contributed by atoms with Crippen molar-refractivity contribution >= 4 is 6.47 Å². The van der Waals surface area contributed by atoms with Crippen LogP contribution in [0.1, 0.15) is 5.69 Å². The summed E-state index contributed by atoms with van der Waals surface area (Å²) in [5.74, 6) is 0. The highest BCUT2D eigenvalue weighted by atomic mass is 16.7. The monoisotopic (exact) mass is 137 g/mol. The summed E-state index contributed by atoms with van der Waals surface area (Å²) >= 11 is 0. The summed E-state index contributed by atoms with van der Waals surface area (Å²) in [5.41, 5.74) is 0.210. The van der Waals surface area contributed by atoms with Crippen LogP contribution >= 0.6 is 0 Å². The lowest BCUT2D eigenvalue weighted by atomic mass is 10.6. The molecule has 0 aromatic carbocycles. The van der Waals surface area contributed by atoms with Crippen LogP contribution < -0.4 is 4.84 Å². The Bertz CT molecular complexity index is 273. The van der Waals surface area contributed by atoms with Gasteiger partial charge in [-0.25, -0.2) is 4.98 Å². The normalized spacial score (nSPS) is 8.30. The molecule has 0 radical (unpaired) electrons. The van der Waals surface area contributed by atoms with E-state index in [0.717, 1.165) is 4.73 Å². The van der Waals surface area contributed by atoms with Crippen LogP contribution in [0.2, 0.25) is 0 Å². The number of aromatic nitrogens is 2. The van der Waals surface area contributed by atoms with Gasteiger partial charge in [0.15, 0.2) is 5.69 Å². The van der Waals surface area contributed by atoms with E-state index in [9.17, 15) is 4.79 Å². The summed E-state index contributed by atoms with van der Waals surface area (Å²) in [4.78, 5) is 17.6. The SMILES string of the molecule is N#Cc1cn(OC=O)cn1. The molecule has 1 aromatic rings. The first-order chi connectivity index (χ1) is 4.86. The van der Waals surface area contributed by atoms with Gasteiger partial charge in [-0.15, -0.1) is 0 Å². The van der Waals surface area contributed by atoms with Gasteiger partial charge in [0.1, 0.15) is 12.4 Å². The molecule has 50 valence electrons. The zero-order valence-corrected chi connectivity index (χ0v) is 4.89. The Balaban J connectivity index is 2.80. The van der Waals surface area contributed by atoms with E-state index in [2.05, 4.69) is 9.82 Å². The van der Waals surface area contributed by atoms with Crippen molar-refractivity contribution in [2.75, 3.05) is 0 Å². The quantitative estimate of drug-likeness (QED) is 0.507. The van der Waals surface area contributed by atoms with Crippen molar-refractivity contribution in [3.8, 4) is 6.07 Å². The lowest BCUT2D eigenvalue weighted by molar-refractivity contribution is -0.129. The predicted molar refractivity (Wildman–Crippen MR) is 29.6 cm³/mol. The van der Waals surface area contributed by atoms with Crippen LogP contribution in [0.25, 0.3) is 0 Å². The average molecular weight is 137 g/mol. The molecule has 1 aromatic heterocycles. The summed E-state index contributed by atoms with van der Waals surface area (Å²) in [6, 6.07) is 1.78. The lowest BCUT2D eigenvalue weighted by Crippen LogP contribution is -2.05. The van der Waals surface area contributed by atoms with Crippen LogP contribution in [-0.4, -0.2) is 16.2 Å². The van der Waals surface area contributed by atoms with Gasteiger partial charge in [-0.2, -0.15) is 9.99 Å². The molecule has 0 aliphatic carbocycles. The molecule has 0 atom stereocenters. The minimum absolute atomic E-state index is 0.210. The van der Waals surface area contributed by atoms with Crippen LogP contribution in [0, 0.1) is 11.3 Å². The molecule has 0 spiro atoms. The van der Waals surface area contributed by atoms with Crippen LogP contribution in [-0.2, 0) is 4.79 Å². The van der Waals surface area contributed by atoms with Crippen LogP contribution in [0.3, 0.4) is 0 Å². The minimum Gasteiger partial charge on any atom is -0.339 e. The summed E-state index contributed by atoms with van der Waals surface area (Å²) in [6.07, 6.45) is 2.53. The number of hydrogen-bond donors (Lipinski definition) is 0. The smallest absolute Gasteiger partial charge is 0.321 e. The van der Waals surface area contributed by atoms with Gasteiger partial charge >= 0.3 is 6.47 Å². The molecular formula is C5H3N3O2. The highest BCUT2D eigenvalue weighted by Crippen LogP contribution is 1.88. The first-order valence-corrected chi connectivity index (χ1v) is 2.41. The molecular weight excluding hydrogens is 134 g/mol. The Morgan fingerprint density at radius 1 is 1.90 bits per heavy atom. The van der Waals surface area contributed by atoms with E-state index in [1.165, 1.54) is 12.5 Å². The fraction of sp³-hybridized carbons (Fsp3) is 0. The van der Waals surface area contributed by atoms with Gasteiger partial charge in [0.2, 0.25) is 0 Å². The van der Waals surface area contributed by atoms with Crippen molar-refractivity contribution in [3.05, 3.63) is 18.2 Å². The summed E-state index contributed by atoms with van der Waals surface area (Å²) in [7, 11) is 0. The number of nitrogens with zero attached hydrogens (tertiary/aromatic N) is 3. The fourth-order valence-electron chi connectivity index (χ4n) is 0.471. The van der Waals surface area contributed by atoms with Gasteiger partial charge in [-0.3, -0.25) is 4.79 Å². The fourth-order valence-corrected chi connectivity index (χ4v) is 0.471. The van der Waals surface area contributed by atoms with E-state index in [1.807, 2.05) is 0 Å². The number of nitriles is 1. The van der Waals surface area contributed by atoms with Gasteiger partial charge < -0.3 is 4.84 Å². The van der Waals surface area contributed by atoms with E-state index >= 15 is 0 Å². The van der Waals surface area contributed by atoms with E-state index in [-0.39, 0.29) is 12.2 Å². The highest BCUT2D eigenvalue weighted by molar-refractivity contribution is 5.37. The third-order valence-corrected chi connectivity index (χ3v) is 0.839. The number of hydrogen-bond acceptors (Lipinski definition) is 4. The van der Waals surface area contributed by atoms with Gasteiger partial charge in [0.25, 0.3) is 0 Å². The largest absolute Gasteiger partial charge is 0.339 e. The van der Waals surface area contributed by atoms with Gasteiger partial charge in [0, 0.05) is 0 Å². The summed E-state index contributed by atoms with van der Waals surface area (Å²) in [6.45, 7) is 0.253. The van der Waals surface area contributed by atoms with E-state index in [1.54, 1.807) is 6.07 Å². The van der Waals surface area contributed by atoms with Crippen LogP contribution in [0.15, 0.2) is 12.5 Å².